The lowest BCUT2D eigenvalue weighted by atomic mass is 9.98. The molecule has 4 rings (SSSR count). The summed E-state index contributed by atoms with van der Waals surface area (Å²) in [6.07, 6.45) is 5.36. The van der Waals surface area contributed by atoms with Crippen molar-refractivity contribution >= 4 is 17.7 Å². The fourth-order valence-corrected chi connectivity index (χ4v) is 4.36. The lowest BCUT2D eigenvalue weighted by molar-refractivity contribution is -0.129. The summed E-state index contributed by atoms with van der Waals surface area (Å²) in [5.41, 5.74) is 2.05. The van der Waals surface area contributed by atoms with Gasteiger partial charge in [-0.1, -0.05) is 12.8 Å². The van der Waals surface area contributed by atoms with Crippen LogP contribution in [0, 0.1) is 5.92 Å². The van der Waals surface area contributed by atoms with E-state index in [1.54, 1.807) is 13.2 Å². The minimum Gasteiger partial charge on any atom is -0.481 e. The van der Waals surface area contributed by atoms with Crippen LogP contribution in [0.25, 0.3) is 0 Å². The molecule has 1 aromatic heterocycles. The molecule has 1 aromatic rings. The average molecular weight is 386 g/mol. The average Bonchev–Trinajstić information content (AvgIpc) is 3.34. The third-order valence-corrected chi connectivity index (χ3v) is 6.00. The number of aromatic nitrogens is 1. The predicted molar refractivity (Wildman–Crippen MR) is 100 cm³/mol. The first kappa shape index (κ1) is 18.7. The molecule has 150 valence electrons. The van der Waals surface area contributed by atoms with E-state index in [1.807, 2.05) is 4.90 Å². The van der Waals surface area contributed by atoms with Gasteiger partial charge in [0.05, 0.1) is 30.8 Å². The molecule has 0 radical (unpaired) electrons. The Morgan fingerprint density at radius 3 is 2.79 bits per heavy atom. The van der Waals surface area contributed by atoms with Gasteiger partial charge in [-0.15, -0.1) is 0 Å². The van der Waals surface area contributed by atoms with Gasteiger partial charge in [0.25, 0.3) is 5.91 Å². The Balaban J connectivity index is 1.46. The van der Waals surface area contributed by atoms with Gasteiger partial charge in [-0.25, -0.2) is 4.98 Å². The van der Waals surface area contributed by atoms with Gasteiger partial charge >= 0.3 is 0 Å². The Labute approximate surface area is 164 Å². The first-order valence-corrected chi connectivity index (χ1v) is 9.99. The van der Waals surface area contributed by atoms with Crippen molar-refractivity contribution in [3.63, 3.8) is 0 Å². The van der Waals surface area contributed by atoms with Crippen molar-refractivity contribution in [2.24, 2.45) is 5.92 Å². The minimum atomic E-state index is -0.231. The summed E-state index contributed by atoms with van der Waals surface area (Å²) < 4.78 is 5.41. The zero-order chi connectivity index (χ0) is 19.7. The summed E-state index contributed by atoms with van der Waals surface area (Å²) in [5, 5.41) is 5.61. The Hall–Kier alpha value is -2.64. The molecule has 2 aliphatic heterocycles. The number of fused-ring (bicyclic) bond motifs is 1. The number of carbonyl (C=O) groups is 3. The normalized spacial score (nSPS) is 22.2. The molecule has 0 unspecified atom stereocenters. The molecule has 1 saturated heterocycles. The van der Waals surface area contributed by atoms with Gasteiger partial charge in [0.15, 0.2) is 0 Å². The van der Waals surface area contributed by atoms with Crippen LogP contribution in [0.15, 0.2) is 6.07 Å². The van der Waals surface area contributed by atoms with Gasteiger partial charge in [-0.05, 0) is 25.3 Å². The second-order valence-electron chi connectivity index (χ2n) is 7.78. The van der Waals surface area contributed by atoms with Crippen LogP contribution in [0.1, 0.15) is 60.1 Å². The van der Waals surface area contributed by atoms with Crippen LogP contribution < -0.4 is 15.4 Å². The lowest BCUT2D eigenvalue weighted by Crippen LogP contribution is -2.42. The van der Waals surface area contributed by atoms with Crippen LogP contribution in [0.5, 0.6) is 5.88 Å². The number of ether oxygens (including phenoxy) is 1. The Bertz CT molecular complexity index is 794. The predicted octanol–water partition coefficient (Wildman–Crippen LogP) is 1.13. The van der Waals surface area contributed by atoms with Crippen molar-refractivity contribution in [1.82, 2.24) is 20.5 Å². The zero-order valence-corrected chi connectivity index (χ0v) is 16.1. The highest BCUT2D eigenvalue weighted by Gasteiger charge is 2.36. The Morgan fingerprint density at radius 1 is 1.32 bits per heavy atom. The van der Waals surface area contributed by atoms with Crippen molar-refractivity contribution < 1.29 is 19.1 Å². The molecule has 3 aliphatic rings. The van der Waals surface area contributed by atoms with E-state index in [4.69, 9.17) is 4.74 Å². The Kier molecular flexibility index (Phi) is 5.19. The smallest absolute Gasteiger partial charge is 0.256 e. The molecule has 1 saturated carbocycles. The highest BCUT2D eigenvalue weighted by molar-refractivity contribution is 5.98. The first-order chi connectivity index (χ1) is 13.6. The molecule has 2 N–H and O–H groups in total. The highest BCUT2D eigenvalue weighted by atomic mass is 16.5. The fraction of sp³-hybridized carbons (Fsp3) is 0.600. The van der Waals surface area contributed by atoms with Crippen LogP contribution >= 0.6 is 0 Å². The summed E-state index contributed by atoms with van der Waals surface area (Å²) in [6, 6.07) is 2.11. The maximum atomic E-state index is 12.9. The quantitative estimate of drug-likeness (QED) is 0.790. The van der Waals surface area contributed by atoms with Crippen molar-refractivity contribution in [2.75, 3.05) is 13.7 Å². The second-order valence-corrected chi connectivity index (χ2v) is 7.78. The molecule has 3 heterocycles. The number of nitrogens with zero attached hydrogens (tertiary/aromatic N) is 2. The van der Waals surface area contributed by atoms with E-state index in [0.29, 0.717) is 49.0 Å². The molecule has 2 fully saturated rings. The van der Waals surface area contributed by atoms with E-state index in [1.165, 1.54) is 12.8 Å². The molecule has 8 nitrogen and oxygen atoms in total. The number of nitrogens with one attached hydrogen (secondary N) is 2. The van der Waals surface area contributed by atoms with Gasteiger partial charge in [0.2, 0.25) is 17.7 Å². The molecular formula is C20H26N4O4. The van der Waals surface area contributed by atoms with Gasteiger partial charge < -0.3 is 20.3 Å². The molecular weight excluding hydrogens is 360 g/mol. The van der Waals surface area contributed by atoms with Crippen molar-refractivity contribution in [2.45, 2.75) is 57.7 Å². The monoisotopic (exact) mass is 386 g/mol. The second kappa shape index (κ2) is 7.77. The van der Waals surface area contributed by atoms with E-state index in [0.717, 1.165) is 18.5 Å². The van der Waals surface area contributed by atoms with Crippen molar-refractivity contribution in [3.05, 3.63) is 22.9 Å². The summed E-state index contributed by atoms with van der Waals surface area (Å²) in [7, 11) is 1.54. The van der Waals surface area contributed by atoms with Crippen LogP contribution in [0.3, 0.4) is 0 Å². The first-order valence-electron chi connectivity index (χ1n) is 9.99. The number of pyridine rings is 1. The number of rotatable bonds is 5. The molecule has 1 atom stereocenters. The van der Waals surface area contributed by atoms with Crippen LogP contribution in [0.4, 0.5) is 0 Å². The van der Waals surface area contributed by atoms with E-state index < -0.39 is 0 Å². The number of hydrogen-bond donors (Lipinski definition) is 2. The fourth-order valence-electron chi connectivity index (χ4n) is 4.36. The maximum Gasteiger partial charge on any atom is 0.256 e. The SMILES string of the molecule is COc1nc2c(cc1CNC(=O)[C@@H]1CCC(=O)NC1)C(=O)N(C1CCCC1)C2. The summed E-state index contributed by atoms with van der Waals surface area (Å²) >= 11 is 0. The Morgan fingerprint density at radius 2 is 2.11 bits per heavy atom. The van der Waals surface area contributed by atoms with E-state index in [9.17, 15) is 14.4 Å². The molecule has 0 aromatic carbocycles. The third-order valence-electron chi connectivity index (χ3n) is 6.00. The van der Waals surface area contributed by atoms with E-state index in [2.05, 4.69) is 15.6 Å². The summed E-state index contributed by atoms with van der Waals surface area (Å²) in [5.74, 6) is 0.114. The van der Waals surface area contributed by atoms with Crippen molar-refractivity contribution in [1.29, 1.82) is 0 Å². The number of methoxy groups -OCH3 is 1. The molecule has 3 amide bonds. The summed E-state index contributed by atoms with van der Waals surface area (Å²) in [6.45, 7) is 1.13. The summed E-state index contributed by atoms with van der Waals surface area (Å²) in [4.78, 5) is 43.0. The molecule has 0 bridgehead atoms. The molecule has 28 heavy (non-hydrogen) atoms. The topological polar surface area (TPSA) is 101 Å². The number of piperidine rings is 1. The standard InChI is InChI=1S/C20H26N4O4/c1-28-19-13(10-22-18(26)12-6-7-17(25)21-9-12)8-15-16(23-19)11-24(20(15)27)14-4-2-3-5-14/h8,12,14H,2-7,9-11H2,1H3,(H,21,25)(H,22,26)/t12-/m1/s1. The maximum absolute atomic E-state index is 12.9. The van der Waals surface area contributed by atoms with Crippen LogP contribution in [0.2, 0.25) is 0 Å². The van der Waals surface area contributed by atoms with E-state index >= 15 is 0 Å². The van der Waals surface area contributed by atoms with Gasteiger partial charge in [0, 0.05) is 31.1 Å². The largest absolute Gasteiger partial charge is 0.481 e. The lowest BCUT2D eigenvalue weighted by Gasteiger charge is -2.22. The van der Waals surface area contributed by atoms with Gasteiger partial charge in [0.1, 0.15) is 0 Å². The highest BCUT2D eigenvalue weighted by Crippen LogP contribution is 2.33. The van der Waals surface area contributed by atoms with Crippen LogP contribution in [-0.2, 0) is 22.7 Å². The number of carbonyl (C=O) groups excluding carboxylic acids is 3. The molecule has 1 aliphatic carbocycles. The van der Waals surface area contributed by atoms with Gasteiger partial charge in [-0.3, -0.25) is 14.4 Å². The van der Waals surface area contributed by atoms with Crippen LogP contribution in [-0.4, -0.2) is 47.3 Å². The zero-order valence-electron chi connectivity index (χ0n) is 16.1. The minimum absolute atomic E-state index is 0.0149. The molecule has 0 spiro atoms. The van der Waals surface area contributed by atoms with Gasteiger partial charge in [-0.2, -0.15) is 0 Å². The number of amides is 3. The third kappa shape index (κ3) is 3.55. The molecule has 8 heteroatoms. The van der Waals surface area contributed by atoms with Crippen molar-refractivity contribution in [3.8, 4) is 5.88 Å². The number of hydrogen-bond acceptors (Lipinski definition) is 5. The van der Waals surface area contributed by atoms with E-state index in [-0.39, 0.29) is 30.2 Å².